The van der Waals surface area contributed by atoms with Crippen molar-refractivity contribution < 1.29 is 4.39 Å². The van der Waals surface area contributed by atoms with Crippen LogP contribution in [0.4, 0.5) is 10.1 Å². The molecule has 0 N–H and O–H groups in total. The molecule has 0 aliphatic heterocycles. The van der Waals surface area contributed by atoms with Crippen LogP contribution in [0, 0.1) is 17.1 Å². The van der Waals surface area contributed by atoms with Gasteiger partial charge in [0.2, 0.25) is 0 Å². The molecular weight excluding hydrogens is 283 g/mol. The van der Waals surface area contributed by atoms with Crippen LogP contribution in [0.1, 0.15) is 32.3 Å². The van der Waals surface area contributed by atoms with Crippen molar-refractivity contribution in [1.82, 2.24) is 0 Å². The van der Waals surface area contributed by atoms with E-state index >= 15 is 0 Å². The predicted molar refractivity (Wildman–Crippen MR) is 71.6 cm³/mol. The smallest absolute Gasteiger partial charge is 0.161 e. The highest BCUT2D eigenvalue weighted by atomic mass is 79.9. The number of hydrogen-bond acceptors (Lipinski definition) is 2. The first-order chi connectivity index (χ1) is 8.02. The molecule has 1 rings (SSSR count). The van der Waals surface area contributed by atoms with Gasteiger partial charge in [-0.05, 0) is 41.4 Å². The molecule has 1 atom stereocenters. The summed E-state index contributed by atoms with van der Waals surface area (Å²) in [5.41, 5.74) is 0.847. The van der Waals surface area contributed by atoms with Crippen LogP contribution in [0.25, 0.3) is 0 Å². The van der Waals surface area contributed by atoms with Gasteiger partial charge in [0.05, 0.1) is 15.7 Å². The molecule has 0 radical (unpaired) electrons. The first kappa shape index (κ1) is 14.0. The van der Waals surface area contributed by atoms with Gasteiger partial charge in [0.1, 0.15) is 6.07 Å². The van der Waals surface area contributed by atoms with Crippen LogP contribution in [0.3, 0.4) is 0 Å². The molecule has 0 aliphatic rings. The Balaban J connectivity index is 3.08. The molecular formula is C13H16BrFN2. The molecule has 0 heterocycles. The maximum atomic E-state index is 14.1. The van der Waals surface area contributed by atoms with Crippen molar-refractivity contribution in [3.8, 4) is 6.07 Å². The highest BCUT2D eigenvalue weighted by Crippen LogP contribution is 2.29. The first-order valence-corrected chi connectivity index (χ1v) is 6.43. The van der Waals surface area contributed by atoms with Crippen molar-refractivity contribution in [3.63, 3.8) is 0 Å². The fourth-order valence-electron chi connectivity index (χ4n) is 1.75. The molecule has 1 unspecified atom stereocenters. The van der Waals surface area contributed by atoms with E-state index < -0.39 is 0 Å². The lowest BCUT2D eigenvalue weighted by atomic mass is 10.1. The monoisotopic (exact) mass is 298 g/mol. The van der Waals surface area contributed by atoms with Crippen molar-refractivity contribution in [2.75, 3.05) is 11.9 Å². The third-order valence-electron chi connectivity index (χ3n) is 2.93. The zero-order valence-corrected chi connectivity index (χ0v) is 11.9. The molecule has 0 saturated heterocycles. The van der Waals surface area contributed by atoms with E-state index in [0.717, 1.165) is 12.8 Å². The number of anilines is 1. The van der Waals surface area contributed by atoms with Gasteiger partial charge in [-0.25, -0.2) is 4.39 Å². The Bertz CT molecular complexity index is 440. The average molecular weight is 299 g/mol. The summed E-state index contributed by atoms with van der Waals surface area (Å²) < 4.78 is 14.3. The molecule has 0 fully saturated rings. The molecule has 0 saturated carbocycles. The van der Waals surface area contributed by atoms with Crippen LogP contribution in [-0.4, -0.2) is 13.1 Å². The molecule has 0 aliphatic carbocycles. The van der Waals surface area contributed by atoms with Crippen molar-refractivity contribution in [1.29, 1.82) is 5.26 Å². The summed E-state index contributed by atoms with van der Waals surface area (Å²) in [6.45, 7) is 4.17. The minimum Gasteiger partial charge on any atom is -0.369 e. The van der Waals surface area contributed by atoms with Crippen molar-refractivity contribution in [2.45, 2.75) is 32.7 Å². The second-order valence-corrected chi connectivity index (χ2v) is 4.91. The number of rotatable bonds is 4. The topological polar surface area (TPSA) is 27.0 Å². The summed E-state index contributed by atoms with van der Waals surface area (Å²) in [7, 11) is 1.87. The average Bonchev–Trinajstić information content (AvgIpc) is 2.32. The van der Waals surface area contributed by atoms with Crippen LogP contribution in [0.5, 0.6) is 0 Å². The van der Waals surface area contributed by atoms with Gasteiger partial charge < -0.3 is 4.90 Å². The number of benzene rings is 1. The van der Waals surface area contributed by atoms with Gasteiger partial charge >= 0.3 is 0 Å². The molecule has 2 nitrogen and oxygen atoms in total. The van der Waals surface area contributed by atoms with E-state index in [-0.39, 0.29) is 16.3 Å². The van der Waals surface area contributed by atoms with Gasteiger partial charge in [0, 0.05) is 13.1 Å². The van der Waals surface area contributed by atoms with Crippen LogP contribution in [0.15, 0.2) is 16.6 Å². The maximum Gasteiger partial charge on any atom is 0.161 e. The van der Waals surface area contributed by atoms with E-state index in [9.17, 15) is 4.39 Å². The molecule has 92 valence electrons. The summed E-state index contributed by atoms with van der Waals surface area (Å²) in [5, 5.41) is 8.81. The number of hydrogen-bond donors (Lipinski definition) is 0. The summed E-state index contributed by atoms with van der Waals surface area (Å²) in [6.07, 6.45) is 2.07. The maximum absolute atomic E-state index is 14.1. The third-order valence-corrected chi connectivity index (χ3v) is 3.71. The molecule has 0 aromatic heterocycles. The number of nitrogens with zero attached hydrogens (tertiary/aromatic N) is 2. The molecule has 1 aromatic rings. The largest absolute Gasteiger partial charge is 0.369 e. The van der Waals surface area contributed by atoms with E-state index in [2.05, 4.69) is 29.8 Å². The summed E-state index contributed by atoms with van der Waals surface area (Å²) in [6, 6.07) is 5.52. The Morgan fingerprint density at radius 3 is 2.71 bits per heavy atom. The van der Waals surface area contributed by atoms with Crippen molar-refractivity contribution in [3.05, 3.63) is 28.0 Å². The Kier molecular flexibility index (Phi) is 4.95. The third kappa shape index (κ3) is 2.98. The quantitative estimate of drug-likeness (QED) is 0.837. The van der Waals surface area contributed by atoms with Crippen molar-refractivity contribution >= 4 is 21.6 Å². The summed E-state index contributed by atoms with van der Waals surface area (Å²) in [5.74, 6) is -0.366. The molecule has 1 aromatic carbocycles. The van der Waals surface area contributed by atoms with Crippen LogP contribution >= 0.6 is 15.9 Å². The molecule has 17 heavy (non-hydrogen) atoms. The fourth-order valence-corrected chi connectivity index (χ4v) is 2.17. The van der Waals surface area contributed by atoms with E-state index in [1.165, 1.54) is 0 Å². The predicted octanol–water partition coefficient (Wildman–Crippen LogP) is 4.08. The fraction of sp³-hybridized carbons (Fsp3) is 0.462. The van der Waals surface area contributed by atoms with Gasteiger partial charge in [-0.2, -0.15) is 5.26 Å². The van der Waals surface area contributed by atoms with Crippen molar-refractivity contribution in [2.24, 2.45) is 0 Å². The van der Waals surface area contributed by atoms with E-state index in [0.29, 0.717) is 11.3 Å². The van der Waals surface area contributed by atoms with Gasteiger partial charge in [0.15, 0.2) is 5.82 Å². The van der Waals surface area contributed by atoms with Crippen LogP contribution < -0.4 is 4.90 Å². The zero-order valence-electron chi connectivity index (χ0n) is 10.3. The second-order valence-electron chi connectivity index (χ2n) is 4.12. The minimum atomic E-state index is -0.366. The Morgan fingerprint density at radius 1 is 1.53 bits per heavy atom. The second kappa shape index (κ2) is 6.02. The zero-order chi connectivity index (χ0) is 13.0. The lowest BCUT2D eigenvalue weighted by Gasteiger charge is -2.27. The molecule has 0 amide bonds. The van der Waals surface area contributed by atoms with Crippen LogP contribution in [-0.2, 0) is 0 Å². The van der Waals surface area contributed by atoms with Crippen LogP contribution in [0.2, 0.25) is 0 Å². The van der Waals surface area contributed by atoms with E-state index in [1.807, 2.05) is 18.0 Å². The highest BCUT2D eigenvalue weighted by molar-refractivity contribution is 9.10. The summed E-state index contributed by atoms with van der Waals surface area (Å²) in [4.78, 5) is 1.91. The highest BCUT2D eigenvalue weighted by Gasteiger charge is 2.17. The lowest BCUT2D eigenvalue weighted by molar-refractivity contribution is 0.579. The number of halogens is 2. The first-order valence-electron chi connectivity index (χ1n) is 5.63. The van der Waals surface area contributed by atoms with E-state index in [1.54, 1.807) is 12.1 Å². The Morgan fingerprint density at radius 2 is 2.18 bits per heavy atom. The Labute approximate surface area is 110 Å². The van der Waals surface area contributed by atoms with Gasteiger partial charge in [-0.1, -0.05) is 13.3 Å². The molecule has 0 spiro atoms. The van der Waals surface area contributed by atoms with Gasteiger partial charge in [-0.3, -0.25) is 0 Å². The number of nitriles is 1. The standard InChI is InChI=1S/C13H16BrFN2/c1-4-5-9(2)17(3)11-7-6-10(8-16)12(14)13(11)15/h6-7,9H,4-5H2,1-3H3. The molecule has 0 bridgehead atoms. The van der Waals surface area contributed by atoms with E-state index in [4.69, 9.17) is 5.26 Å². The minimum absolute atomic E-state index is 0.244. The van der Waals surface area contributed by atoms with Gasteiger partial charge in [-0.15, -0.1) is 0 Å². The lowest BCUT2D eigenvalue weighted by Crippen LogP contribution is -2.29. The summed E-state index contributed by atoms with van der Waals surface area (Å²) >= 11 is 3.12. The van der Waals surface area contributed by atoms with Gasteiger partial charge in [0.25, 0.3) is 0 Å². The Hall–Kier alpha value is -1.08. The SMILES string of the molecule is CCCC(C)N(C)c1ccc(C#N)c(Br)c1F. The normalized spacial score (nSPS) is 12.0. The molecule has 4 heteroatoms.